The lowest BCUT2D eigenvalue weighted by Gasteiger charge is -2.06. The van der Waals surface area contributed by atoms with Gasteiger partial charge in [-0.15, -0.1) is 0 Å². The molecule has 0 atom stereocenters. The minimum atomic E-state index is -0.434. The molecule has 5 aromatic rings. The number of aryl methyl sites for hydroxylation is 1. The van der Waals surface area contributed by atoms with E-state index in [9.17, 15) is 4.79 Å². The van der Waals surface area contributed by atoms with Gasteiger partial charge in [0, 0.05) is 5.39 Å². The summed E-state index contributed by atoms with van der Waals surface area (Å²) >= 11 is 0. The topological polar surface area (TPSA) is 44.1 Å². The van der Waals surface area contributed by atoms with E-state index in [0.717, 1.165) is 27.4 Å². The summed E-state index contributed by atoms with van der Waals surface area (Å²) in [5.74, 6) is -0.434. The van der Waals surface area contributed by atoms with Crippen LogP contribution in [0.3, 0.4) is 0 Å². The van der Waals surface area contributed by atoms with Crippen molar-refractivity contribution in [1.82, 2.24) is 9.78 Å². The first-order valence-corrected chi connectivity index (χ1v) is 9.15. The van der Waals surface area contributed by atoms with Crippen LogP contribution in [-0.4, -0.2) is 22.9 Å². The standard InChI is InChI=1S/C24H18N2O2/c1-15-7-9-20(10-8-15)26-22-14-19-12-17-6-4-3-5-16(17)11-18(19)13-21(22)23(25-26)24(27)28-2/h3-14H,1-2H3. The van der Waals surface area contributed by atoms with Crippen LogP contribution in [0.15, 0.2) is 72.8 Å². The summed E-state index contributed by atoms with van der Waals surface area (Å²) < 4.78 is 6.80. The Hall–Kier alpha value is -3.66. The average Bonchev–Trinajstić information content (AvgIpc) is 3.09. The molecule has 0 amide bonds. The van der Waals surface area contributed by atoms with E-state index < -0.39 is 5.97 Å². The van der Waals surface area contributed by atoms with Crippen molar-refractivity contribution in [2.45, 2.75) is 6.92 Å². The fraction of sp³-hybridized carbons (Fsp3) is 0.0833. The number of hydrogen-bond acceptors (Lipinski definition) is 3. The summed E-state index contributed by atoms with van der Waals surface area (Å²) in [6, 6.07) is 24.8. The summed E-state index contributed by atoms with van der Waals surface area (Å²) in [5, 5.41) is 9.91. The minimum Gasteiger partial charge on any atom is -0.464 e. The van der Waals surface area contributed by atoms with Crippen LogP contribution in [0.4, 0.5) is 0 Å². The zero-order valence-corrected chi connectivity index (χ0v) is 15.6. The molecule has 0 saturated heterocycles. The van der Waals surface area contributed by atoms with E-state index in [-0.39, 0.29) is 0 Å². The Labute approximate surface area is 162 Å². The summed E-state index contributed by atoms with van der Waals surface area (Å²) in [4.78, 5) is 12.4. The fourth-order valence-electron chi connectivity index (χ4n) is 3.68. The molecule has 1 heterocycles. The molecule has 0 N–H and O–H groups in total. The molecule has 5 rings (SSSR count). The first-order valence-electron chi connectivity index (χ1n) is 9.15. The maximum absolute atomic E-state index is 12.4. The second-order valence-electron chi connectivity index (χ2n) is 7.00. The maximum atomic E-state index is 12.4. The Morgan fingerprint density at radius 3 is 2.14 bits per heavy atom. The van der Waals surface area contributed by atoms with Crippen molar-refractivity contribution < 1.29 is 9.53 Å². The van der Waals surface area contributed by atoms with Gasteiger partial charge in [0.2, 0.25) is 0 Å². The average molecular weight is 366 g/mol. The van der Waals surface area contributed by atoms with E-state index in [1.165, 1.54) is 23.4 Å². The molecule has 0 unspecified atom stereocenters. The van der Waals surface area contributed by atoms with Gasteiger partial charge in [-0.1, -0.05) is 42.0 Å². The molecule has 0 saturated carbocycles. The number of esters is 1. The van der Waals surface area contributed by atoms with Gasteiger partial charge >= 0.3 is 5.97 Å². The number of nitrogens with zero attached hydrogens (tertiary/aromatic N) is 2. The van der Waals surface area contributed by atoms with E-state index in [2.05, 4.69) is 35.4 Å². The number of hydrogen-bond donors (Lipinski definition) is 0. The van der Waals surface area contributed by atoms with Gasteiger partial charge in [0.15, 0.2) is 5.69 Å². The van der Waals surface area contributed by atoms with Crippen LogP contribution in [0.1, 0.15) is 16.1 Å². The number of fused-ring (bicyclic) bond motifs is 3. The number of carbonyl (C=O) groups is 1. The van der Waals surface area contributed by atoms with E-state index in [4.69, 9.17) is 4.74 Å². The third kappa shape index (κ3) is 2.54. The molecule has 0 aliphatic carbocycles. The molecule has 136 valence electrons. The predicted octanol–water partition coefficient (Wildman–Crippen LogP) is 5.43. The number of ether oxygens (including phenoxy) is 1. The Bertz CT molecular complexity index is 1360. The molecule has 0 aliphatic rings. The Balaban J connectivity index is 1.86. The quantitative estimate of drug-likeness (QED) is 0.309. The van der Waals surface area contributed by atoms with Crippen molar-refractivity contribution in [3.05, 3.63) is 84.1 Å². The highest BCUT2D eigenvalue weighted by Crippen LogP contribution is 2.30. The summed E-state index contributed by atoms with van der Waals surface area (Å²) in [7, 11) is 1.38. The Morgan fingerprint density at radius 2 is 1.50 bits per heavy atom. The largest absolute Gasteiger partial charge is 0.464 e. The van der Waals surface area contributed by atoms with E-state index in [1.54, 1.807) is 0 Å². The van der Waals surface area contributed by atoms with Crippen molar-refractivity contribution in [3.8, 4) is 5.69 Å². The molecule has 0 radical (unpaired) electrons. The third-order valence-corrected chi connectivity index (χ3v) is 5.16. The van der Waals surface area contributed by atoms with Gasteiger partial charge in [-0.3, -0.25) is 0 Å². The van der Waals surface area contributed by atoms with Crippen LogP contribution in [0.25, 0.3) is 38.1 Å². The SMILES string of the molecule is COC(=O)c1nn(-c2ccc(C)cc2)c2cc3cc4ccccc4cc3cc12. The summed E-state index contributed by atoms with van der Waals surface area (Å²) in [6.07, 6.45) is 0. The van der Waals surface area contributed by atoms with Crippen molar-refractivity contribution in [2.24, 2.45) is 0 Å². The van der Waals surface area contributed by atoms with Gasteiger partial charge in [-0.05, 0) is 64.9 Å². The fourth-order valence-corrected chi connectivity index (χ4v) is 3.68. The van der Waals surface area contributed by atoms with Gasteiger partial charge in [0.05, 0.1) is 18.3 Å². The molecular weight excluding hydrogens is 348 g/mol. The van der Waals surface area contributed by atoms with Crippen LogP contribution in [0.5, 0.6) is 0 Å². The summed E-state index contributed by atoms with van der Waals surface area (Å²) in [5.41, 5.74) is 3.29. The van der Waals surface area contributed by atoms with Crippen LogP contribution in [0, 0.1) is 6.92 Å². The second kappa shape index (κ2) is 6.20. The van der Waals surface area contributed by atoms with Crippen molar-refractivity contribution in [1.29, 1.82) is 0 Å². The molecule has 4 aromatic carbocycles. The lowest BCUT2D eigenvalue weighted by atomic mass is 10.0. The van der Waals surface area contributed by atoms with Gasteiger partial charge < -0.3 is 4.74 Å². The normalized spacial score (nSPS) is 11.4. The van der Waals surface area contributed by atoms with Crippen molar-refractivity contribution in [2.75, 3.05) is 7.11 Å². The molecule has 1 aromatic heterocycles. The third-order valence-electron chi connectivity index (χ3n) is 5.16. The molecular formula is C24H18N2O2. The van der Waals surface area contributed by atoms with Gasteiger partial charge in [-0.25, -0.2) is 9.48 Å². The van der Waals surface area contributed by atoms with E-state index in [0.29, 0.717) is 5.69 Å². The Kier molecular flexibility index (Phi) is 3.66. The van der Waals surface area contributed by atoms with Crippen molar-refractivity contribution in [3.63, 3.8) is 0 Å². The highest BCUT2D eigenvalue weighted by atomic mass is 16.5. The lowest BCUT2D eigenvalue weighted by molar-refractivity contribution is 0.0595. The Morgan fingerprint density at radius 1 is 0.857 bits per heavy atom. The predicted molar refractivity (Wildman–Crippen MR) is 112 cm³/mol. The van der Waals surface area contributed by atoms with Crippen molar-refractivity contribution >= 4 is 38.4 Å². The smallest absolute Gasteiger partial charge is 0.359 e. The van der Waals surface area contributed by atoms with E-state index >= 15 is 0 Å². The van der Waals surface area contributed by atoms with Crippen LogP contribution in [0.2, 0.25) is 0 Å². The van der Waals surface area contributed by atoms with Crippen LogP contribution >= 0.6 is 0 Å². The number of benzene rings is 4. The molecule has 28 heavy (non-hydrogen) atoms. The first-order chi connectivity index (χ1) is 13.6. The molecule has 0 bridgehead atoms. The number of carbonyl (C=O) groups excluding carboxylic acids is 1. The van der Waals surface area contributed by atoms with Gasteiger partial charge in [0.1, 0.15) is 0 Å². The highest BCUT2D eigenvalue weighted by molar-refractivity contribution is 6.09. The number of rotatable bonds is 2. The van der Waals surface area contributed by atoms with Gasteiger partial charge in [-0.2, -0.15) is 5.10 Å². The van der Waals surface area contributed by atoms with Crippen LogP contribution in [-0.2, 0) is 4.74 Å². The monoisotopic (exact) mass is 366 g/mol. The number of methoxy groups -OCH3 is 1. The lowest BCUT2D eigenvalue weighted by Crippen LogP contribution is -2.04. The molecule has 0 fully saturated rings. The maximum Gasteiger partial charge on any atom is 0.359 e. The highest BCUT2D eigenvalue weighted by Gasteiger charge is 2.19. The number of aromatic nitrogens is 2. The first kappa shape index (κ1) is 16.5. The minimum absolute atomic E-state index is 0.327. The summed E-state index contributed by atoms with van der Waals surface area (Å²) in [6.45, 7) is 2.05. The molecule has 0 spiro atoms. The zero-order valence-electron chi connectivity index (χ0n) is 15.6. The van der Waals surface area contributed by atoms with E-state index in [1.807, 2.05) is 54.1 Å². The van der Waals surface area contributed by atoms with Crippen LogP contribution < -0.4 is 0 Å². The molecule has 0 aliphatic heterocycles. The second-order valence-corrected chi connectivity index (χ2v) is 7.00. The molecule has 4 nitrogen and oxygen atoms in total. The molecule has 4 heteroatoms. The zero-order chi connectivity index (χ0) is 19.3. The van der Waals surface area contributed by atoms with Gasteiger partial charge in [0.25, 0.3) is 0 Å².